The van der Waals surface area contributed by atoms with Crippen LogP contribution < -0.4 is 20.9 Å². The molecule has 31 heavy (non-hydrogen) atoms. The van der Waals surface area contributed by atoms with Gasteiger partial charge in [0, 0.05) is 5.56 Å². The minimum absolute atomic E-state index is 0.0483. The van der Waals surface area contributed by atoms with E-state index in [2.05, 4.69) is 9.97 Å². The van der Waals surface area contributed by atoms with Crippen molar-refractivity contribution in [1.29, 1.82) is 5.26 Å². The van der Waals surface area contributed by atoms with Crippen molar-refractivity contribution in [2.24, 2.45) is 0 Å². The molecule has 0 saturated heterocycles. The van der Waals surface area contributed by atoms with Crippen molar-refractivity contribution < 1.29 is 22.6 Å². The highest BCUT2D eigenvalue weighted by molar-refractivity contribution is 5.74. The lowest BCUT2D eigenvalue weighted by Gasteiger charge is -2.15. The zero-order chi connectivity index (χ0) is 22.6. The van der Waals surface area contributed by atoms with Crippen molar-refractivity contribution in [1.82, 2.24) is 9.97 Å². The number of hydrogen-bond donors (Lipinski definition) is 2. The molecule has 2 aromatic carbocycles. The fourth-order valence-corrected chi connectivity index (χ4v) is 2.86. The van der Waals surface area contributed by atoms with Gasteiger partial charge in [-0.15, -0.1) is 0 Å². The first-order valence-corrected chi connectivity index (χ1v) is 9.12. The van der Waals surface area contributed by atoms with E-state index in [-0.39, 0.29) is 29.6 Å². The summed E-state index contributed by atoms with van der Waals surface area (Å²) in [5.41, 5.74) is 11.8. The minimum atomic E-state index is -4.44. The summed E-state index contributed by atoms with van der Waals surface area (Å²) in [6.07, 6.45) is -4.44. The Balaban J connectivity index is 1.91. The number of benzene rings is 2. The summed E-state index contributed by atoms with van der Waals surface area (Å²) >= 11 is 0. The van der Waals surface area contributed by atoms with Gasteiger partial charge in [0.05, 0.1) is 17.9 Å². The first kappa shape index (κ1) is 21.7. The Bertz CT molecular complexity index is 1140. The molecule has 1 aromatic heterocycles. The number of rotatable bonds is 6. The second-order valence-electron chi connectivity index (χ2n) is 6.38. The third-order valence-electron chi connectivity index (χ3n) is 4.23. The van der Waals surface area contributed by atoms with Crippen molar-refractivity contribution in [2.75, 3.05) is 18.1 Å². The van der Waals surface area contributed by atoms with E-state index >= 15 is 0 Å². The zero-order valence-corrected chi connectivity index (χ0v) is 16.4. The number of nitrogen functional groups attached to an aromatic ring is 2. The van der Waals surface area contributed by atoms with E-state index in [1.807, 2.05) is 6.07 Å². The maximum atomic E-state index is 12.9. The summed E-state index contributed by atoms with van der Waals surface area (Å²) in [6, 6.07) is 11.6. The topological polar surface area (TPSA) is 120 Å². The SMILES string of the molecule is CCOc1cc(-c2nc(N)nc(N)c2C#N)ccc1OCc1cccc(C(F)(F)F)c1. The number of halogens is 3. The van der Waals surface area contributed by atoms with Gasteiger partial charge in [-0.1, -0.05) is 12.1 Å². The summed E-state index contributed by atoms with van der Waals surface area (Å²) in [5.74, 6) is 0.505. The van der Waals surface area contributed by atoms with E-state index in [1.54, 1.807) is 25.1 Å². The molecule has 4 N–H and O–H groups in total. The molecule has 160 valence electrons. The third kappa shape index (κ3) is 4.95. The first-order chi connectivity index (χ1) is 14.7. The molecule has 10 heteroatoms. The molecule has 0 bridgehead atoms. The number of aromatic nitrogens is 2. The monoisotopic (exact) mass is 429 g/mol. The average Bonchev–Trinajstić information content (AvgIpc) is 2.72. The van der Waals surface area contributed by atoms with Gasteiger partial charge in [-0.05, 0) is 42.8 Å². The van der Waals surface area contributed by atoms with E-state index < -0.39 is 11.7 Å². The summed E-state index contributed by atoms with van der Waals surface area (Å²) < 4.78 is 50.0. The molecule has 0 amide bonds. The number of alkyl halides is 3. The standard InChI is InChI=1S/C21H18F3N5O2/c1-2-30-17-9-13(18-15(10-25)19(26)29-20(27)28-18)6-7-16(17)31-11-12-4-3-5-14(8-12)21(22,23)24/h3-9H,2,11H2,1H3,(H4,26,27,28,29). The van der Waals surface area contributed by atoms with Crippen LogP contribution in [0, 0.1) is 11.3 Å². The van der Waals surface area contributed by atoms with Crippen LogP contribution in [0.1, 0.15) is 23.6 Å². The highest BCUT2D eigenvalue weighted by Crippen LogP contribution is 2.35. The summed E-state index contributed by atoms with van der Waals surface area (Å²) in [4.78, 5) is 7.87. The quantitative estimate of drug-likeness (QED) is 0.603. The highest BCUT2D eigenvalue weighted by Gasteiger charge is 2.30. The molecule has 0 unspecified atom stereocenters. The second kappa shape index (κ2) is 8.79. The molecular formula is C21H18F3N5O2. The molecular weight excluding hydrogens is 411 g/mol. The molecule has 0 aliphatic rings. The molecule has 1 heterocycles. The van der Waals surface area contributed by atoms with E-state index in [0.29, 0.717) is 29.2 Å². The Hall–Kier alpha value is -4.00. The predicted octanol–water partition coefficient (Wildman–Crippen LogP) is 4.18. The lowest BCUT2D eigenvalue weighted by molar-refractivity contribution is -0.137. The van der Waals surface area contributed by atoms with Crippen molar-refractivity contribution in [3.63, 3.8) is 0 Å². The van der Waals surface area contributed by atoms with E-state index in [0.717, 1.165) is 12.1 Å². The lowest BCUT2D eigenvalue weighted by atomic mass is 10.1. The lowest BCUT2D eigenvalue weighted by Crippen LogP contribution is -2.07. The zero-order valence-electron chi connectivity index (χ0n) is 16.4. The van der Waals surface area contributed by atoms with Crippen molar-refractivity contribution in [2.45, 2.75) is 19.7 Å². The van der Waals surface area contributed by atoms with Gasteiger partial charge < -0.3 is 20.9 Å². The smallest absolute Gasteiger partial charge is 0.416 e. The largest absolute Gasteiger partial charge is 0.490 e. The fraction of sp³-hybridized carbons (Fsp3) is 0.190. The number of hydrogen-bond acceptors (Lipinski definition) is 7. The molecule has 0 atom stereocenters. The molecule has 0 spiro atoms. The van der Waals surface area contributed by atoms with Gasteiger partial charge in [0.2, 0.25) is 5.95 Å². The number of nitrogens with two attached hydrogens (primary N) is 2. The normalized spacial score (nSPS) is 11.1. The molecule has 0 aliphatic heterocycles. The predicted molar refractivity (Wildman–Crippen MR) is 108 cm³/mol. The van der Waals surface area contributed by atoms with Gasteiger partial charge in [0.15, 0.2) is 11.5 Å². The first-order valence-electron chi connectivity index (χ1n) is 9.12. The van der Waals surface area contributed by atoms with Gasteiger partial charge >= 0.3 is 6.18 Å². The van der Waals surface area contributed by atoms with Crippen molar-refractivity contribution in [3.8, 4) is 28.8 Å². The van der Waals surface area contributed by atoms with Crippen molar-refractivity contribution in [3.05, 3.63) is 59.2 Å². The third-order valence-corrected chi connectivity index (χ3v) is 4.23. The van der Waals surface area contributed by atoms with Gasteiger partial charge in [-0.2, -0.15) is 23.4 Å². The van der Waals surface area contributed by atoms with Crippen LogP contribution in [-0.2, 0) is 12.8 Å². The van der Waals surface area contributed by atoms with Crippen LogP contribution in [0.3, 0.4) is 0 Å². The molecule has 0 aliphatic carbocycles. The highest BCUT2D eigenvalue weighted by atomic mass is 19.4. The number of anilines is 2. The minimum Gasteiger partial charge on any atom is -0.490 e. The van der Waals surface area contributed by atoms with Gasteiger partial charge in [-0.3, -0.25) is 0 Å². The van der Waals surface area contributed by atoms with Crippen LogP contribution in [0.25, 0.3) is 11.3 Å². The maximum Gasteiger partial charge on any atom is 0.416 e. The Labute approximate surface area is 176 Å². The Morgan fingerprint density at radius 2 is 1.81 bits per heavy atom. The van der Waals surface area contributed by atoms with E-state index in [1.165, 1.54) is 12.1 Å². The molecule has 0 radical (unpaired) electrons. The number of nitrogens with zero attached hydrogens (tertiary/aromatic N) is 3. The summed E-state index contributed by atoms with van der Waals surface area (Å²) in [7, 11) is 0. The molecule has 3 aromatic rings. The number of ether oxygens (including phenoxy) is 2. The fourth-order valence-electron chi connectivity index (χ4n) is 2.86. The van der Waals surface area contributed by atoms with Crippen molar-refractivity contribution >= 4 is 11.8 Å². The molecule has 0 saturated carbocycles. The van der Waals surface area contributed by atoms with Gasteiger partial charge in [0.25, 0.3) is 0 Å². The van der Waals surface area contributed by atoms with Gasteiger partial charge in [0.1, 0.15) is 24.1 Å². The molecule has 3 rings (SSSR count). The van der Waals surface area contributed by atoms with Crippen LogP contribution in [0.2, 0.25) is 0 Å². The van der Waals surface area contributed by atoms with Crippen LogP contribution >= 0.6 is 0 Å². The van der Waals surface area contributed by atoms with Crippen LogP contribution in [0.5, 0.6) is 11.5 Å². The van der Waals surface area contributed by atoms with Crippen LogP contribution in [-0.4, -0.2) is 16.6 Å². The van der Waals surface area contributed by atoms with Crippen LogP contribution in [0.15, 0.2) is 42.5 Å². The van der Waals surface area contributed by atoms with E-state index in [4.69, 9.17) is 20.9 Å². The van der Waals surface area contributed by atoms with E-state index in [9.17, 15) is 18.4 Å². The Morgan fingerprint density at radius 1 is 1.03 bits per heavy atom. The molecule has 0 fully saturated rings. The van der Waals surface area contributed by atoms with Crippen LogP contribution in [0.4, 0.5) is 24.9 Å². The Kier molecular flexibility index (Phi) is 6.15. The van der Waals surface area contributed by atoms with Gasteiger partial charge in [-0.25, -0.2) is 4.98 Å². The maximum absolute atomic E-state index is 12.9. The Morgan fingerprint density at radius 3 is 2.48 bits per heavy atom. The second-order valence-corrected chi connectivity index (χ2v) is 6.38. The number of nitriles is 1. The summed E-state index contributed by atoms with van der Waals surface area (Å²) in [5, 5.41) is 9.38. The molecule has 7 nitrogen and oxygen atoms in total. The summed E-state index contributed by atoms with van der Waals surface area (Å²) in [6.45, 7) is 1.98. The average molecular weight is 429 g/mol.